The van der Waals surface area contributed by atoms with E-state index in [0.29, 0.717) is 5.92 Å². The van der Waals surface area contributed by atoms with Crippen LogP contribution >= 0.6 is 0 Å². The molecule has 0 aromatic carbocycles. The zero-order chi connectivity index (χ0) is 10.1. The molecule has 1 heterocycles. The highest BCUT2D eigenvalue weighted by atomic mass is 16.1. The van der Waals surface area contributed by atoms with Crippen molar-refractivity contribution in [3.05, 3.63) is 27.4 Å². The highest BCUT2D eigenvalue weighted by Crippen LogP contribution is 2.16. The second-order valence-corrected chi connectivity index (χ2v) is 4.39. The Bertz CT molecular complexity index is 393. The second kappa shape index (κ2) is 3.56. The Morgan fingerprint density at radius 3 is 2.93 bits per heavy atom. The number of hydrogen-bond donors (Lipinski definition) is 1. The summed E-state index contributed by atoms with van der Waals surface area (Å²) in [6, 6.07) is 0. The summed E-state index contributed by atoms with van der Waals surface area (Å²) in [5.74, 6) is 1.39. The Balaban J connectivity index is 2.37. The summed E-state index contributed by atoms with van der Waals surface area (Å²) in [5, 5.41) is 0. The summed E-state index contributed by atoms with van der Waals surface area (Å²) in [7, 11) is 0. The van der Waals surface area contributed by atoms with E-state index in [1.165, 1.54) is 0 Å². The zero-order valence-electron chi connectivity index (χ0n) is 8.76. The third-order valence-corrected chi connectivity index (χ3v) is 2.59. The van der Waals surface area contributed by atoms with Crippen LogP contribution in [-0.4, -0.2) is 9.97 Å². The number of aryl methyl sites for hydroxylation is 1. The van der Waals surface area contributed by atoms with Gasteiger partial charge in [-0.3, -0.25) is 4.79 Å². The van der Waals surface area contributed by atoms with Gasteiger partial charge in [-0.15, -0.1) is 0 Å². The van der Waals surface area contributed by atoms with Crippen molar-refractivity contribution >= 4 is 0 Å². The van der Waals surface area contributed by atoms with Gasteiger partial charge in [0.05, 0.1) is 5.69 Å². The summed E-state index contributed by atoms with van der Waals surface area (Å²) in [5.41, 5.74) is 2.03. The molecule has 0 amide bonds. The lowest BCUT2D eigenvalue weighted by Gasteiger charge is -2.05. The highest BCUT2D eigenvalue weighted by molar-refractivity contribution is 5.22. The molecule has 0 fully saturated rings. The molecule has 14 heavy (non-hydrogen) atoms. The zero-order valence-corrected chi connectivity index (χ0v) is 8.76. The van der Waals surface area contributed by atoms with Crippen molar-refractivity contribution in [2.45, 2.75) is 39.5 Å². The number of fused-ring (bicyclic) bond motifs is 1. The Kier molecular flexibility index (Phi) is 2.40. The topological polar surface area (TPSA) is 45.8 Å². The van der Waals surface area contributed by atoms with Gasteiger partial charge in [-0.05, 0) is 25.2 Å². The van der Waals surface area contributed by atoms with Gasteiger partial charge in [0.25, 0.3) is 5.56 Å². The van der Waals surface area contributed by atoms with Gasteiger partial charge in [0.15, 0.2) is 0 Å². The minimum Gasteiger partial charge on any atom is -0.310 e. The molecule has 1 N–H and O–H groups in total. The lowest BCUT2D eigenvalue weighted by molar-refractivity contribution is 0.615. The molecule has 3 nitrogen and oxygen atoms in total. The van der Waals surface area contributed by atoms with Crippen LogP contribution in [0.2, 0.25) is 0 Å². The Hall–Kier alpha value is -1.12. The molecule has 3 heteroatoms. The lowest BCUT2D eigenvalue weighted by Crippen LogP contribution is -2.18. The van der Waals surface area contributed by atoms with E-state index in [4.69, 9.17) is 0 Å². The SMILES string of the molecule is CC(C)Cc1nc2c(c(=O)[nH]1)CCC2. The predicted molar refractivity (Wildman–Crippen MR) is 55.4 cm³/mol. The van der Waals surface area contributed by atoms with Crippen molar-refractivity contribution in [1.82, 2.24) is 9.97 Å². The van der Waals surface area contributed by atoms with Crippen LogP contribution in [0.4, 0.5) is 0 Å². The van der Waals surface area contributed by atoms with E-state index in [0.717, 1.165) is 42.8 Å². The molecule has 0 unspecified atom stereocenters. The molecule has 1 aliphatic rings. The van der Waals surface area contributed by atoms with Crippen LogP contribution in [0.5, 0.6) is 0 Å². The largest absolute Gasteiger partial charge is 0.310 e. The Morgan fingerprint density at radius 1 is 1.43 bits per heavy atom. The Morgan fingerprint density at radius 2 is 2.21 bits per heavy atom. The van der Waals surface area contributed by atoms with Crippen molar-refractivity contribution < 1.29 is 0 Å². The first-order chi connectivity index (χ1) is 6.66. The monoisotopic (exact) mass is 192 g/mol. The predicted octanol–water partition coefficient (Wildman–Crippen LogP) is 1.46. The van der Waals surface area contributed by atoms with Crippen molar-refractivity contribution in [3.63, 3.8) is 0 Å². The van der Waals surface area contributed by atoms with Gasteiger partial charge >= 0.3 is 0 Å². The van der Waals surface area contributed by atoms with Gasteiger partial charge in [0.1, 0.15) is 5.82 Å². The van der Waals surface area contributed by atoms with Gasteiger partial charge in [0.2, 0.25) is 0 Å². The molecular weight excluding hydrogens is 176 g/mol. The van der Waals surface area contributed by atoms with E-state index in [1.54, 1.807) is 0 Å². The van der Waals surface area contributed by atoms with Crippen molar-refractivity contribution in [1.29, 1.82) is 0 Å². The van der Waals surface area contributed by atoms with Crippen molar-refractivity contribution in [3.8, 4) is 0 Å². The number of nitrogens with zero attached hydrogens (tertiary/aromatic N) is 1. The third-order valence-electron chi connectivity index (χ3n) is 2.59. The number of nitrogens with one attached hydrogen (secondary N) is 1. The molecule has 0 aliphatic heterocycles. The van der Waals surface area contributed by atoms with Crippen LogP contribution in [-0.2, 0) is 19.3 Å². The van der Waals surface area contributed by atoms with Crippen LogP contribution in [0.1, 0.15) is 37.4 Å². The van der Waals surface area contributed by atoms with Crippen LogP contribution in [0, 0.1) is 5.92 Å². The van der Waals surface area contributed by atoms with E-state index in [-0.39, 0.29) is 5.56 Å². The minimum absolute atomic E-state index is 0.0863. The first kappa shape index (κ1) is 9.44. The summed E-state index contributed by atoms with van der Waals surface area (Å²) in [4.78, 5) is 19.0. The van der Waals surface area contributed by atoms with Gasteiger partial charge in [-0.25, -0.2) is 4.98 Å². The fraction of sp³-hybridized carbons (Fsp3) is 0.636. The molecule has 0 spiro atoms. The molecule has 76 valence electrons. The summed E-state index contributed by atoms with van der Waals surface area (Å²) >= 11 is 0. The summed E-state index contributed by atoms with van der Waals surface area (Å²) < 4.78 is 0. The van der Waals surface area contributed by atoms with E-state index >= 15 is 0 Å². The van der Waals surface area contributed by atoms with E-state index in [1.807, 2.05) is 0 Å². The number of H-pyrrole nitrogens is 1. The average molecular weight is 192 g/mol. The fourth-order valence-electron chi connectivity index (χ4n) is 1.98. The van der Waals surface area contributed by atoms with Crippen LogP contribution in [0.15, 0.2) is 4.79 Å². The molecule has 2 rings (SSSR count). The van der Waals surface area contributed by atoms with Crippen molar-refractivity contribution in [2.75, 3.05) is 0 Å². The number of hydrogen-bond acceptors (Lipinski definition) is 2. The van der Waals surface area contributed by atoms with Gasteiger partial charge < -0.3 is 4.98 Å². The molecule has 0 saturated heterocycles. The van der Waals surface area contributed by atoms with Crippen LogP contribution < -0.4 is 5.56 Å². The van der Waals surface area contributed by atoms with Crippen LogP contribution in [0.25, 0.3) is 0 Å². The maximum atomic E-state index is 11.6. The second-order valence-electron chi connectivity index (χ2n) is 4.39. The molecule has 1 aliphatic carbocycles. The standard InChI is InChI=1S/C11H16N2O/c1-7(2)6-10-12-9-5-3-4-8(9)11(14)13-10/h7H,3-6H2,1-2H3,(H,12,13,14). The average Bonchev–Trinajstić information content (AvgIpc) is 2.50. The van der Waals surface area contributed by atoms with Gasteiger partial charge in [-0.2, -0.15) is 0 Å². The fourth-order valence-corrected chi connectivity index (χ4v) is 1.98. The number of rotatable bonds is 2. The Labute approximate surface area is 83.6 Å². The molecule has 0 bridgehead atoms. The molecule has 0 atom stereocenters. The quantitative estimate of drug-likeness (QED) is 0.771. The van der Waals surface area contributed by atoms with Crippen LogP contribution in [0.3, 0.4) is 0 Å². The van der Waals surface area contributed by atoms with E-state index < -0.39 is 0 Å². The summed E-state index contributed by atoms with van der Waals surface area (Å²) in [6.07, 6.45) is 3.82. The molecule has 1 aromatic heterocycles. The lowest BCUT2D eigenvalue weighted by atomic mass is 10.1. The molecule has 0 saturated carbocycles. The maximum absolute atomic E-state index is 11.6. The van der Waals surface area contributed by atoms with E-state index in [9.17, 15) is 4.79 Å². The summed E-state index contributed by atoms with van der Waals surface area (Å²) in [6.45, 7) is 4.26. The minimum atomic E-state index is 0.0863. The maximum Gasteiger partial charge on any atom is 0.254 e. The smallest absolute Gasteiger partial charge is 0.254 e. The van der Waals surface area contributed by atoms with Crippen molar-refractivity contribution in [2.24, 2.45) is 5.92 Å². The van der Waals surface area contributed by atoms with E-state index in [2.05, 4.69) is 23.8 Å². The highest BCUT2D eigenvalue weighted by Gasteiger charge is 2.16. The molecule has 0 radical (unpaired) electrons. The third kappa shape index (κ3) is 1.72. The normalized spacial score (nSPS) is 14.8. The van der Waals surface area contributed by atoms with Gasteiger partial charge in [0, 0.05) is 12.0 Å². The first-order valence-electron chi connectivity index (χ1n) is 5.27. The first-order valence-corrected chi connectivity index (χ1v) is 5.27. The molecular formula is C11H16N2O. The number of aromatic nitrogens is 2. The van der Waals surface area contributed by atoms with Gasteiger partial charge in [-0.1, -0.05) is 13.8 Å². The number of aromatic amines is 1. The molecule has 1 aromatic rings.